The van der Waals surface area contributed by atoms with E-state index in [9.17, 15) is 19.7 Å². The summed E-state index contributed by atoms with van der Waals surface area (Å²) in [5.41, 5.74) is 0.843. The van der Waals surface area contributed by atoms with Crippen LogP contribution in [0.5, 0.6) is 0 Å². The predicted molar refractivity (Wildman–Crippen MR) is 71.8 cm³/mol. The molecule has 0 radical (unpaired) electrons. The van der Waals surface area contributed by atoms with E-state index < -0.39 is 22.8 Å². The Balaban J connectivity index is 2.94. The molecule has 7 nitrogen and oxygen atoms in total. The molecule has 1 amide bonds. The van der Waals surface area contributed by atoms with Crippen molar-refractivity contribution < 1.29 is 19.6 Å². The van der Waals surface area contributed by atoms with Crippen molar-refractivity contribution in [2.45, 2.75) is 19.4 Å². The van der Waals surface area contributed by atoms with Crippen LogP contribution >= 0.6 is 11.6 Å². The monoisotopic (exact) mass is 300 g/mol. The highest BCUT2D eigenvalue weighted by Gasteiger charge is 2.21. The summed E-state index contributed by atoms with van der Waals surface area (Å²) < 4.78 is 0. The molecule has 0 aliphatic rings. The fourth-order valence-electron chi connectivity index (χ4n) is 1.65. The highest BCUT2D eigenvalue weighted by Crippen LogP contribution is 2.20. The molecule has 1 aromatic carbocycles. The number of aryl methyl sites for hydroxylation is 1. The van der Waals surface area contributed by atoms with E-state index in [0.29, 0.717) is 11.1 Å². The van der Waals surface area contributed by atoms with Crippen LogP contribution in [-0.2, 0) is 16.0 Å². The molecule has 2 N–H and O–H groups in total. The maximum Gasteiger partial charge on any atom is 0.326 e. The Morgan fingerprint density at radius 1 is 1.50 bits per heavy atom. The summed E-state index contributed by atoms with van der Waals surface area (Å²) in [5, 5.41) is 22.1. The Morgan fingerprint density at radius 2 is 2.15 bits per heavy atom. The molecule has 8 heteroatoms. The van der Waals surface area contributed by atoms with Gasteiger partial charge < -0.3 is 10.4 Å². The lowest BCUT2D eigenvalue weighted by Crippen LogP contribution is -2.42. The number of hydrogen-bond donors (Lipinski definition) is 2. The van der Waals surface area contributed by atoms with E-state index in [1.165, 1.54) is 12.1 Å². The van der Waals surface area contributed by atoms with Crippen LogP contribution in [0.15, 0.2) is 18.2 Å². The van der Waals surface area contributed by atoms with Gasteiger partial charge in [0.25, 0.3) is 5.69 Å². The summed E-state index contributed by atoms with van der Waals surface area (Å²) in [5.74, 6) is -2.19. The number of halogens is 1. The van der Waals surface area contributed by atoms with Crippen LogP contribution in [0.25, 0.3) is 0 Å². The molecular formula is C12H13ClN2O5. The second-order valence-electron chi connectivity index (χ2n) is 4.17. The number of hydrogen-bond acceptors (Lipinski definition) is 4. The minimum Gasteiger partial charge on any atom is -0.480 e. The van der Waals surface area contributed by atoms with Crippen LogP contribution in [0.2, 0.25) is 0 Å². The van der Waals surface area contributed by atoms with Crippen LogP contribution in [0.4, 0.5) is 5.69 Å². The van der Waals surface area contributed by atoms with E-state index in [2.05, 4.69) is 5.32 Å². The quantitative estimate of drug-likeness (QED) is 0.467. The summed E-state index contributed by atoms with van der Waals surface area (Å²) in [6.45, 7) is 1.59. The first-order valence-electron chi connectivity index (χ1n) is 5.67. The number of carboxylic acid groups (broad SMARTS) is 1. The zero-order valence-corrected chi connectivity index (χ0v) is 11.4. The predicted octanol–water partition coefficient (Wildman–Crippen LogP) is 1.25. The summed E-state index contributed by atoms with van der Waals surface area (Å²) in [6.07, 6.45) is -0.0565. The molecule has 0 aliphatic heterocycles. The average molecular weight is 301 g/mol. The van der Waals surface area contributed by atoms with Gasteiger partial charge in [0.05, 0.1) is 4.92 Å². The molecule has 0 heterocycles. The van der Waals surface area contributed by atoms with Gasteiger partial charge in [-0.15, -0.1) is 11.6 Å². The second kappa shape index (κ2) is 6.85. The lowest BCUT2D eigenvalue weighted by Gasteiger charge is -2.13. The normalized spacial score (nSPS) is 11.7. The first-order valence-corrected chi connectivity index (χ1v) is 6.20. The van der Waals surface area contributed by atoms with E-state index in [4.69, 9.17) is 16.7 Å². The molecule has 0 saturated heterocycles. The number of carbonyl (C=O) groups is 2. The summed E-state index contributed by atoms with van der Waals surface area (Å²) in [4.78, 5) is 32.5. The largest absolute Gasteiger partial charge is 0.480 e. The Bertz CT molecular complexity index is 547. The Labute approximate surface area is 119 Å². The van der Waals surface area contributed by atoms with Crippen molar-refractivity contribution in [1.29, 1.82) is 0 Å². The number of carboxylic acids is 1. The Morgan fingerprint density at radius 3 is 2.65 bits per heavy atom. The lowest BCUT2D eigenvalue weighted by atomic mass is 10.0. The van der Waals surface area contributed by atoms with Gasteiger partial charge in [-0.25, -0.2) is 4.79 Å². The number of alkyl halides is 1. The number of rotatable bonds is 6. The van der Waals surface area contributed by atoms with Crippen molar-refractivity contribution in [2.24, 2.45) is 0 Å². The first kappa shape index (κ1) is 15.9. The van der Waals surface area contributed by atoms with Crippen LogP contribution in [-0.4, -0.2) is 33.8 Å². The van der Waals surface area contributed by atoms with E-state index in [1.807, 2.05) is 0 Å². The molecule has 1 rings (SSSR count). The van der Waals surface area contributed by atoms with Crippen molar-refractivity contribution >= 4 is 29.2 Å². The van der Waals surface area contributed by atoms with Gasteiger partial charge in [0.2, 0.25) is 5.91 Å². The topological polar surface area (TPSA) is 110 Å². The molecule has 0 unspecified atom stereocenters. The molecule has 0 fully saturated rings. The zero-order valence-electron chi connectivity index (χ0n) is 10.6. The Kier molecular flexibility index (Phi) is 5.45. The van der Waals surface area contributed by atoms with Crippen molar-refractivity contribution in [1.82, 2.24) is 5.32 Å². The molecule has 1 atom stereocenters. The maximum absolute atomic E-state index is 11.1. The van der Waals surface area contributed by atoms with Crippen LogP contribution in [0.1, 0.15) is 11.1 Å². The number of nitro groups is 1. The van der Waals surface area contributed by atoms with Gasteiger partial charge in [-0.1, -0.05) is 12.1 Å². The minimum absolute atomic E-state index is 0.0565. The van der Waals surface area contributed by atoms with Crippen molar-refractivity contribution in [2.75, 3.05) is 5.88 Å². The van der Waals surface area contributed by atoms with Gasteiger partial charge in [0, 0.05) is 18.1 Å². The van der Waals surface area contributed by atoms with Gasteiger partial charge in [-0.05, 0) is 12.5 Å². The lowest BCUT2D eigenvalue weighted by molar-refractivity contribution is -0.385. The third-order valence-corrected chi connectivity index (χ3v) is 2.91. The molecule has 0 aliphatic carbocycles. The SMILES string of the molecule is Cc1ccc(C[C@@H](NC(=O)CCl)C(=O)O)cc1[N+](=O)[O-]. The molecule has 0 saturated carbocycles. The van der Waals surface area contributed by atoms with Crippen molar-refractivity contribution in [3.8, 4) is 0 Å². The number of carbonyl (C=O) groups excluding carboxylic acids is 1. The summed E-state index contributed by atoms with van der Waals surface area (Å²) in [6, 6.07) is 3.25. The number of benzene rings is 1. The van der Waals surface area contributed by atoms with Crippen LogP contribution < -0.4 is 5.32 Å². The molecule has 0 bridgehead atoms. The third-order valence-electron chi connectivity index (χ3n) is 2.66. The van der Waals surface area contributed by atoms with E-state index in [-0.39, 0.29) is 18.0 Å². The zero-order chi connectivity index (χ0) is 15.3. The number of nitrogens with zero attached hydrogens (tertiary/aromatic N) is 1. The number of aliphatic carboxylic acids is 1. The third kappa shape index (κ3) is 4.20. The fraction of sp³-hybridized carbons (Fsp3) is 0.333. The van der Waals surface area contributed by atoms with Gasteiger partial charge >= 0.3 is 5.97 Å². The average Bonchev–Trinajstić information content (AvgIpc) is 2.39. The first-order chi connectivity index (χ1) is 9.35. The standard InChI is InChI=1S/C12H13ClN2O5/c1-7-2-3-8(5-10(7)15(19)20)4-9(12(17)18)14-11(16)6-13/h2-3,5,9H,4,6H2,1H3,(H,14,16)(H,17,18)/t9-/m1/s1. The fourth-order valence-corrected chi connectivity index (χ4v) is 1.72. The highest BCUT2D eigenvalue weighted by molar-refractivity contribution is 6.27. The summed E-state index contributed by atoms with van der Waals surface area (Å²) >= 11 is 5.30. The highest BCUT2D eigenvalue weighted by atomic mass is 35.5. The van der Waals surface area contributed by atoms with Crippen LogP contribution in [0, 0.1) is 17.0 Å². The molecule has 1 aromatic rings. The Hall–Kier alpha value is -2.15. The van der Waals surface area contributed by atoms with Crippen molar-refractivity contribution in [3.05, 3.63) is 39.4 Å². The smallest absolute Gasteiger partial charge is 0.326 e. The number of nitrogens with one attached hydrogen (secondary N) is 1. The van der Waals surface area contributed by atoms with Crippen molar-refractivity contribution in [3.63, 3.8) is 0 Å². The van der Waals surface area contributed by atoms with E-state index in [0.717, 1.165) is 0 Å². The van der Waals surface area contributed by atoms with Crippen LogP contribution in [0.3, 0.4) is 0 Å². The molecule has 20 heavy (non-hydrogen) atoms. The molecule has 0 spiro atoms. The maximum atomic E-state index is 11.1. The molecular weight excluding hydrogens is 288 g/mol. The molecule has 0 aromatic heterocycles. The van der Waals surface area contributed by atoms with E-state index >= 15 is 0 Å². The number of amides is 1. The van der Waals surface area contributed by atoms with Gasteiger partial charge in [0.1, 0.15) is 11.9 Å². The van der Waals surface area contributed by atoms with E-state index in [1.54, 1.807) is 13.0 Å². The van der Waals surface area contributed by atoms with Gasteiger partial charge in [-0.3, -0.25) is 14.9 Å². The molecule has 108 valence electrons. The summed E-state index contributed by atoms with van der Waals surface area (Å²) in [7, 11) is 0. The number of nitro benzene ring substituents is 1. The van der Waals surface area contributed by atoms with Gasteiger partial charge in [-0.2, -0.15) is 0 Å². The second-order valence-corrected chi connectivity index (χ2v) is 4.44. The minimum atomic E-state index is -1.23. The van der Waals surface area contributed by atoms with Gasteiger partial charge in [0.15, 0.2) is 0 Å².